The van der Waals surface area contributed by atoms with Crippen LogP contribution in [0.15, 0.2) is 18.2 Å². The van der Waals surface area contributed by atoms with Gasteiger partial charge in [0.05, 0.1) is 22.7 Å². The molecule has 0 spiro atoms. The maximum Gasteiger partial charge on any atom is 0.223 e. The van der Waals surface area contributed by atoms with Crippen molar-refractivity contribution in [3.8, 4) is 0 Å². The van der Waals surface area contributed by atoms with Crippen LogP contribution in [0.2, 0.25) is 10.0 Å². The SMILES string of the molecule is O=C1CC[C@H](C2CO2)N1Cc1ccc(Cl)c(Cl)c1. The third-order valence-corrected chi connectivity index (χ3v) is 4.24. The van der Waals surface area contributed by atoms with Gasteiger partial charge in [-0.2, -0.15) is 0 Å². The minimum absolute atomic E-state index is 0.196. The maximum absolute atomic E-state index is 11.9. The third kappa shape index (κ3) is 2.35. The Morgan fingerprint density at radius 2 is 2.11 bits per heavy atom. The van der Waals surface area contributed by atoms with Gasteiger partial charge in [0.1, 0.15) is 6.10 Å². The topological polar surface area (TPSA) is 32.8 Å². The van der Waals surface area contributed by atoms with Gasteiger partial charge in [-0.05, 0) is 24.1 Å². The molecule has 0 bridgehead atoms. The van der Waals surface area contributed by atoms with Crippen molar-refractivity contribution in [3.05, 3.63) is 33.8 Å². The normalized spacial score (nSPS) is 26.8. The molecule has 2 aliphatic heterocycles. The van der Waals surface area contributed by atoms with Crippen LogP contribution in [0.5, 0.6) is 0 Å². The molecule has 3 nitrogen and oxygen atoms in total. The van der Waals surface area contributed by atoms with E-state index in [4.69, 9.17) is 27.9 Å². The molecule has 2 fully saturated rings. The molecule has 96 valence electrons. The van der Waals surface area contributed by atoms with Gasteiger partial charge in [-0.1, -0.05) is 29.3 Å². The Bertz CT molecular complexity index is 488. The summed E-state index contributed by atoms with van der Waals surface area (Å²) in [6, 6.07) is 5.72. The maximum atomic E-state index is 11.9. The number of benzene rings is 1. The molecule has 18 heavy (non-hydrogen) atoms. The summed E-state index contributed by atoms with van der Waals surface area (Å²) in [5.41, 5.74) is 1.00. The van der Waals surface area contributed by atoms with Gasteiger partial charge in [0.15, 0.2) is 0 Å². The third-order valence-electron chi connectivity index (χ3n) is 3.50. The van der Waals surface area contributed by atoms with E-state index in [0.717, 1.165) is 18.6 Å². The summed E-state index contributed by atoms with van der Waals surface area (Å²) >= 11 is 11.9. The van der Waals surface area contributed by atoms with E-state index in [-0.39, 0.29) is 18.1 Å². The summed E-state index contributed by atoms with van der Waals surface area (Å²) in [5.74, 6) is 0.196. The lowest BCUT2D eigenvalue weighted by Gasteiger charge is -2.23. The lowest BCUT2D eigenvalue weighted by atomic mass is 10.1. The molecule has 0 aromatic heterocycles. The van der Waals surface area contributed by atoms with Crippen molar-refractivity contribution >= 4 is 29.1 Å². The first kappa shape index (κ1) is 12.3. The fourth-order valence-corrected chi connectivity index (χ4v) is 2.78. The number of epoxide rings is 1. The Morgan fingerprint density at radius 1 is 1.33 bits per heavy atom. The van der Waals surface area contributed by atoms with Gasteiger partial charge in [-0.15, -0.1) is 0 Å². The van der Waals surface area contributed by atoms with Crippen molar-refractivity contribution in [3.63, 3.8) is 0 Å². The molecule has 2 aliphatic rings. The molecule has 3 rings (SSSR count). The van der Waals surface area contributed by atoms with Gasteiger partial charge in [0.2, 0.25) is 5.91 Å². The molecule has 0 radical (unpaired) electrons. The lowest BCUT2D eigenvalue weighted by Crippen LogP contribution is -2.36. The van der Waals surface area contributed by atoms with E-state index in [1.807, 2.05) is 17.0 Å². The lowest BCUT2D eigenvalue weighted by molar-refractivity contribution is -0.129. The molecular formula is C13H13Cl2NO2. The van der Waals surface area contributed by atoms with Crippen LogP contribution in [0.3, 0.4) is 0 Å². The summed E-state index contributed by atoms with van der Waals surface area (Å²) in [6.07, 6.45) is 1.75. The predicted octanol–water partition coefficient (Wildman–Crippen LogP) is 2.88. The Balaban J connectivity index is 1.77. The first-order valence-corrected chi connectivity index (χ1v) is 6.76. The zero-order valence-electron chi connectivity index (χ0n) is 9.73. The minimum atomic E-state index is 0.196. The van der Waals surface area contributed by atoms with Crippen molar-refractivity contribution in [1.82, 2.24) is 4.90 Å². The number of carbonyl (C=O) groups excluding carboxylic acids is 1. The van der Waals surface area contributed by atoms with Gasteiger partial charge in [-0.3, -0.25) is 4.79 Å². The Kier molecular flexibility index (Phi) is 3.22. The summed E-state index contributed by atoms with van der Waals surface area (Å²) in [6.45, 7) is 1.36. The summed E-state index contributed by atoms with van der Waals surface area (Å²) < 4.78 is 5.31. The predicted molar refractivity (Wildman–Crippen MR) is 69.8 cm³/mol. The largest absolute Gasteiger partial charge is 0.371 e. The smallest absolute Gasteiger partial charge is 0.223 e. The van der Waals surface area contributed by atoms with Crippen molar-refractivity contribution in [2.45, 2.75) is 31.5 Å². The standard InChI is InChI=1S/C13H13Cl2NO2/c14-9-2-1-8(5-10(9)15)6-16-11(12-7-18-12)3-4-13(16)17/h1-2,5,11-12H,3-4,6-7H2/t11-,12?/m1/s1. The molecule has 0 N–H and O–H groups in total. The second-order valence-electron chi connectivity index (χ2n) is 4.75. The molecule has 2 atom stereocenters. The van der Waals surface area contributed by atoms with Gasteiger partial charge in [0, 0.05) is 13.0 Å². The van der Waals surface area contributed by atoms with Gasteiger partial charge >= 0.3 is 0 Å². The molecule has 2 saturated heterocycles. The van der Waals surface area contributed by atoms with Crippen LogP contribution in [0.25, 0.3) is 0 Å². The van der Waals surface area contributed by atoms with Crippen LogP contribution in [-0.4, -0.2) is 29.6 Å². The monoisotopic (exact) mass is 285 g/mol. The van der Waals surface area contributed by atoms with E-state index >= 15 is 0 Å². The molecule has 1 aromatic carbocycles. The highest BCUT2D eigenvalue weighted by Gasteiger charge is 2.42. The first-order chi connectivity index (χ1) is 8.65. The Morgan fingerprint density at radius 3 is 2.78 bits per heavy atom. The number of rotatable bonds is 3. The molecule has 0 aliphatic carbocycles. The molecule has 1 amide bonds. The molecule has 1 aromatic rings. The zero-order chi connectivity index (χ0) is 12.7. The highest BCUT2D eigenvalue weighted by atomic mass is 35.5. The van der Waals surface area contributed by atoms with Crippen LogP contribution in [0.4, 0.5) is 0 Å². The molecule has 1 unspecified atom stereocenters. The van der Waals surface area contributed by atoms with Crippen LogP contribution in [0.1, 0.15) is 18.4 Å². The quantitative estimate of drug-likeness (QED) is 0.800. The van der Waals surface area contributed by atoms with E-state index < -0.39 is 0 Å². The van der Waals surface area contributed by atoms with E-state index in [0.29, 0.717) is 23.0 Å². The van der Waals surface area contributed by atoms with E-state index in [2.05, 4.69) is 0 Å². The molecule has 5 heteroatoms. The summed E-state index contributed by atoms with van der Waals surface area (Å²) in [4.78, 5) is 13.8. The molecule has 2 heterocycles. The second kappa shape index (κ2) is 4.72. The number of amides is 1. The summed E-state index contributed by atoms with van der Waals surface area (Å²) in [7, 11) is 0. The van der Waals surface area contributed by atoms with Crippen LogP contribution in [0, 0.1) is 0 Å². The van der Waals surface area contributed by atoms with E-state index in [9.17, 15) is 4.79 Å². The van der Waals surface area contributed by atoms with Gasteiger partial charge < -0.3 is 9.64 Å². The van der Waals surface area contributed by atoms with Crippen LogP contribution < -0.4 is 0 Å². The zero-order valence-corrected chi connectivity index (χ0v) is 11.2. The number of hydrogen-bond acceptors (Lipinski definition) is 2. The van der Waals surface area contributed by atoms with E-state index in [1.165, 1.54) is 0 Å². The van der Waals surface area contributed by atoms with Crippen molar-refractivity contribution in [1.29, 1.82) is 0 Å². The van der Waals surface area contributed by atoms with E-state index in [1.54, 1.807) is 6.07 Å². The first-order valence-electron chi connectivity index (χ1n) is 6.00. The van der Waals surface area contributed by atoms with Gasteiger partial charge in [0.25, 0.3) is 0 Å². The number of hydrogen-bond donors (Lipinski definition) is 0. The fraction of sp³-hybridized carbons (Fsp3) is 0.462. The number of nitrogens with zero attached hydrogens (tertiary/aromatic N) is 1. The Labute approximate surface area is 116 Å². The summed E-state index contributed by atoms with van der Waals surface area (Å²) in [5, 5.41) is 1.07. The van der Waals surface area contributed by atoms with Crippen molar-refractivity contribution in [2.75, 3.05) is 6.61 Å². The molecular weight excluding hydrogens is 273 g/mol. The minimum Gasteiger partial charge on any atom is -0.371 e. The molecule has 0 saturated carbocycles. The fourth-order valence-electron chi connectivity index (χ4n) is 2.46. The average Bonchev–Trinajstić information content (AvgIpc) is 3.12. The highest BCUT2D eigenvalue weighted by Crippen LogP contribution is 2.31. The number of likely N-dealkylation sites (tertiary alicyclic amines) is 1. The van der Waals surface area contributed by atoms with Crippen LogP contribution >= 0.6 is 23.2 Å². The van der Waals surface area contributed by atoms with Crippen LogP contribution in [-0.2, 0) is 16.1 Å². The van der Waals surface area contributed by atoms with Crippen molar-refractivity contribution < 1.29 is 9.53 Å². The average molecular weight is 286 g/mol. The van der Waals surface area contributed by atoms with Crippen molar-refractivity contribution in [2.24, 2.45) is 0 Å². The second-order valence-corrected chi connectivity index (χ2v) is 5.56. The number of carbonyl (C=O) groups is 1. The Hall–Kier alpha value is -0.770. The highest BCUT2D eigenvalue weighted by molar-refractivity contribution is 6.42. The van der Waals surface area contributed by atoms with Gasteiger partial charge in [-0.25, -0.2) is 0 Å². The number of halogens is 2. The number of ether oxygens (including phenoxy) is 1.